The monoisotopic (exact) mass is 871 g/mol. The number of amides is 5. The van der Waals surface area contributed by atoms with Gasteiger partial charge in [0.25, 0.3) is 0 Å². The molecule has 18 heteroatoms. The van der Waals surface area contributed by atoms with E-state index in [1.807, 2.05) is 6.92 Å². The number of allylic oxidation sites excluding steroid dienone is 2. The first-order valence-corrected chi connectivity index (χ1v) is 22.1. The highest BCUT2D eigenvalue weighted by Crippen LogP contribution is 2.56. The zero-order chi connectivity index (χ0) is 44.6. The first kappa shape index (κ1) is 42.8. The van der Waals surface area contributed by atoms with E-state index < -0.39 is 52.3 Å². The lowest BCUT2D eigenvalue weighted by Crippen LogP contribution is -2.75. The van der Waals surface area contributed by atoms with Crippen molar-refractivity contribution < 1.29 is 42.6 Å². The van der Waals surface area contributed by atoms with Crippen molar-refractivity contribution in [3.8, 4) is 0 Å². The van der Waals surface area contributed by atoms with E-state index in [9.17, 15) is 29.1 Å². The number of aliphatic hydroxyl groups is 1. The minimum atomic E-state index is -1.69. The normalized spacial score (nSPS) is 27.6. The quantitative estimate of drug-likeness (QED) is 0.241. The third-order valence-electron chi connectivity index (χ3n) is 14.7. The highest BCUT2D eigenvalue weighted by molar-refractivity contribution is 6.04. The Bertz CT molecular complexity index is 2280. The molecule has 9 rings (SSSR count). The van der Waals surface area contributed by atoms with Gasteiger partial charge in [0.2, 0.25) is 29.5 Å². The molecule has 4 unspecified atom stereocenters. The van der Waals surface area contributed by atoms with Crippen LogP contribution in [0, 0.1) is 23.0 Å². The molecular weight excluding hydrogens is 817 g/mol. The molecule has 0 bridgehead atoms. The Hall–Kier alpha value is -5.49. The maximum Gasteiger partial charge on any atom is 0.249 e. The summed E-state index contributed by atoms with van der Waals surface area (Å²) in [7, 11) is 3.24. The number of nitrogens with zero attached hydrogens (tertiary/aromatic N) is 6. The molecule has 16 nitrogen and oxygen atoms in total. The Balaban J connectivity index is 0.859. The number of nitrogens with two attached hydrogens (primary N) is 1. The molecule has 3 aliphatic carbocycles. The van der Waals surface area contributed by atoms with Gasteiger partial charge in [-0.1, -0.05) is 31.9 Å². The van der Waals surface area contributed by atoms with E-state index in [0.29, 0.717) is 49.6 Å². The predicted molar refractivity (Wildman–Crippen MR) is 226 cm³/mol. The van der Waals surface area contributed by atoms with Gasteiger partial charge >= 0.3 is 0 Å². The van der Waals surface area contributed by atoms with Crippen LogP contribution in [0.2, 0.25) is 0 Å². The topological polar surface area (TPSA) is 204 Å². The van der Waals surface area contributed by atoms with E-state index in [1.165, 1.54) is 19.2 Å². The van der Waals surface area contributed by atoms with Crippen LogP contribution in [0.3, 0.4) is 0 Å². The van der Waals surface area contributed by atoms with Gasteiger partial charge in [0.05, 0.1) is 25.1 Å². The van der Waals surface area contributed by atoms with Gasteiger partial charge in [0, 0.05) is 74.5 Å². The van der Waals surface area contributed by atoms with Gasteiger partial charge in [0.1, 0.15) is 46.4 Å². The third-order valence-corrected chi connectivity index (χ3v) is 14.7. The number of carbonyl (C=O) groups is 5. The number of hydrogen-bond donors (Lipinski definition) is 4. The van der Waals surface area contributed by atoms with Gasteiger partial charge in [0.15, 0.2) is 5.82 Å². The molecular formula is C45H55F2N9O7. The maximum absolute atomic E-state index is 15.2. The van der Waals surface area contributed by atoms with Crippen molar-refractivity contribution in [1.82, 2.24) is 25.5 Å². The number of carbonyl (C=O) groups excluding carboxylic acids is 5. The van der Waals surface area contributed by atoms with Crippen LogP contribution in [0.25, 0.3) is 0 Å². The van der Waals surface area contributed by atoms with Gasteiger partial charge in [-0.15, -0.1) is 0 Å². The fraction of sp³-hybridized carbons (Fsp3) is 0.578. The summed E-state index contributed by atoms with van der Waals surface area (Å²) < 4.78 is 36.2. The fourth-order valence-corrected chi connectivity index (χ4v) is 11.6. The van der Waals surface area contributed by atoms with E-state index in [4.69, 9.17) is 20.4 Å². The molecule has 2 aromatic rings. The molecule has 7 aliphatic rings. The van der Waals surface area contributed by atoms with Crippen LogP contribution in [0.5, 0.6) is 0 Å². The number of likely N-dealkylation sites (N-methyl/N-ethyl adjacent to an activating group) is 1. The summed E-state index contributed by atoms with van der Waals surface area (Å²) in [6.07, 6.45) is 12.6. The molecule has 5 amide bonds. The van der Waals surface area contributed by atoms with Crippen molar-refractivity contribution in [3.05, 3.63) is 65.3 Å². The zero-order valence-electron chi connectivity index (χ0n) is 35.9. The summed E-state index contributed by atoms with van der Waals surface area (Å²) >= 11 is 0. The Morgan fingerprint density at radius 1 is 1.08 bits per heavy atom. The second-order valence-electron chi connectivity index (χ2n) is 18.8. The predicted octanol–water partition coefficient (Wildman–Crippen LogP) is 2.66. The zero-order valence-corrected chi connectivity index (χ0v) is 35.9. The van der Waals surface area contributed by atoms with Crippen LogP contribution < -0.4 is 31.1 Å². The molecule has 2 saturated carbocycles. The summed E-state index contributed by atoms with van der Waals surface area (Å²) in [5.74, 6) is -4.56. The van der Waals surface area contributed by atoms with Crippen molar-refractivity contribution in [3.63, 3.8) is 0 Å². The fourth-order valence-electron chi connectivity index (χ4n) is 11.6. The van der Waals surface area contributed by atoms with Gasteiger partial charge < -0.3 is 40.5 Å². The van der Waals surface area contributed by atoms with Crippen molar-refractivity contribution in [1.29, 1.82) is 0 Å². The number of methoxy groups -OCH3 is 1. The van der Waals surface area contributed by atoms with Crippen LogP contribution in [0.1, 0.15) is 94.4 Å². The van der Waals surface area contributed by atoms with Crippen LogP contribution in [0.15, 0.2) is 42.3 Å². The first-order valence-electron chi connectivity index (χ1n) is 22.1. The number of halogens is 2. The van der Waals surface area contributed by atoms with Crippen molar-refractivity contribution >= 4 is 46.7 Å². The average molecular weight is 872 g/mol. The van der Waals surface area contributed by atoms with E-state index >= 15 is 8.78 Å². The van der Waals surface area contributed by atoms with Crippen LogP contribution in [-0.2, 0) is 28.7 Å². The standard InChI is InChI=1S/C45H55F2N9O7/c1-4-31-41(61)53(2)32-18-49-37(51-38(32)56(31)26-8-5-6-9-26)36-33(63-3)10-7-13-45(36,48)42(62)52-44(14-15-57)21-43(22-44)23-55(24-43)40(60)25-19-54(20-25)27-16-29(46)35(30(47)17-27)28-11-12-34(58)50-39(28)59/h7,10,13,16-18,25-26,28,31,36,57H,4-6,8-9,11-12,14-15,19-24,48H2,1-3H3,(H,52,62)(H,50,58,59). The number of piperidine rings is 1. The number of imide groups is 1. The summed E-state index contributed by atoms with van der Waals surface area (Å²) in [5.41, 5.74) is 4.92. The number of ether oxygens (including phenoxy) is 1. The largest absolute Gasteiger partial charge is 0.500 e. The molecule has 1 spiro atoms. The van der Waals surface area contributed by atoms with E-state index in [0.717, 1.165) is 25.7 Å². The average Bonchev–Trinajstić information content (AvgIpc) is 3.74. The van der Waals surface area contributed by atoms with Gasteiger partial charge in [-0.05, 0) is 63.2 Å². The summed E-state index contributed by atoms with van der Waals surface area (Å²) in [6, 6.07) is 2.09. The van der Waals surface area contributed by atoms with Crippen molar-refractivity contribution in [2.45, 2.75) is 106 Å². The molecule has 5 heterocycles. The van der Waals surface area contributed by atoms with E-state index in [1.54, 1.807) is 46.2 Å². The number of benzene rings is 1. The second-order valence-corrected chi connectivity index (χ2v) is 18.8. The minimum Gasteiger partial charge on any atom is -0.500 e. The smallest absolute Gasteiger partial charge is 0.249 e. The van der Waals surface area contributed by atoms with E-state index in [-0.39, 0.29) is 91.3 Å². The number of nitrogens with one attached hydrogen (secondary N) is 2. The Kier molecular flexibility index (Phi) is 10.8. The number of anilines is 3. The molecule has 336 valence electrons. The molecule has 3 saturated heterocycles. The molecule has 1 aromatic carbocycles. The lowest BCUT2D eigenvalue weighted by Gasteiger charge is -2.65. The van der Waals surface area contributed by atoms with Crippen LogP contribution >= 0.6 is 0 Å². The maximum atomic E-state index is 15.2. The molecule has 4 atom stereocenters. The molecule has 4 aliphatic heterocycles. The minimum absolute atomic E-state index is 0.00293. The number of likely N-dealkylation sites (tertiary alicyclic amines) is 1. The summed E-state index contributed by atoms with van der Waals surface area (Å²) in [4.78, 5) is 82.6. The number of rotatable bonds is 11. The number of hydrogen-bond acceptors (Lipinski definition) is 12. The lowest BCUT2D eigenvalue weighted by molar-refractivity contribution is -0.169. The van der Waals surface area contributed by atoms with E-state index in [2.05, 4.69) is 15.5 Å². The highest BCUT2D eigenvalue weighted by atomic mass is 19.1. The Morgan fingerprint density at radius 2 is 1.78 bits per heavy atom. The number of aliphatic hydroxyl groups excluding tert-OH is 1. The summed E-state index contributed by atoms with van der Waals surface area (Å²) in [6.45, 7) is 3.31. The molecule has 5 N–H and O–H groups in total. The second kappa shape index (κ2) is 15.9. The highest BCUT2D eigenvalue weighted by Gasteiger charge is 2.63. The van der Waals surface area contributed by atoms with Gasteiger partial charge in [-0.25, -0.2) is 18.7 Å². The summed E-state index contributed by atoms with van der Waals surface area (Å²) in [5, 5.41) is 15.6. The van der Waals surface area contributed by atoms with Gasteiger partial charge in [-0.2, -0.15) is 0 Å². The van der Waals surface area contributed by atoms with Gasteiger partial charge in [-0.3, -0.25) is 29.3 Å². The Labute approximate surface area is 364 Å². The van der Waals surface area contributed by atoms with Crippen molar-refractivity contribution in [2.75, 3.05) is 61.6 Å². The van der Waals surface area contributed by atoms with Crippen LogP contribution in [-0.4, -0.2) is 120 Å². The Morgan fingerprint density at radius 3 is 2.41 bits per heavy atom. The lowest BCUT2D eigenvalue weighted by atomic mass is 9.52. The molecule has 63 heavy (non-hydrogen) atoms. The van der Waals surface area contributed by atoms with Crippen LogP contribution in [0.4, 0.5) is 26.0 Å². The molecule has 5 fully saturated rings. The van der Waals surface area contributed by atoms with Crippen molar-refractivity contribution in [2.24, 2.45) is 17.1 Å². The number of fused-ring (bicyclic) bond motifs is 1. The third kappa shape index (κ3) is 7.13. The first-order chi connectivity index (χ1) is 30.1. The number of aromatic nitrogens is 2. The molecule has 0 radical (unpaired) electrons. The molecule has 1 aromatic heterocycles. The SMILES string of the molecule is CCC1C(=O)N(C)c2cnc(C3C(OC)=CC=CC3(N)C(=O)NC3(CCO)CC4(CN(C(=O)C5CN(c6cc(F)c(C7CCC(=O)NC7=O)c(F)c6)C5)C4)C3)nc2N1C1CCCC1.